The third-order valence-electron chi connectivity index (χ3n) is 4.31. The van der Waals surface area contributed by atoms with E-state index in [0.717, 1.165) is 12.4 Å². The number of carbonyl (C=O) groups is 1. The molecule has 1 fully saturated rings. The fourth-order valence-corrected chi connectivity index (χ4v) is 3.03. The lowest BCUT2D eigenvalue weighted by molar-refractivity contribution is 0.0578. The smallest absolute Gasteiger partial charge is 0.293 e. The molecular formula is C17H18N6O2. The molecule has 1 atom stereocenters. The minimum Gasteiger partial charge on any atom is -0.350 e. The molecule has 8 nitrogen and oxygen atoms in total. The minimum absolute atomic E-state index is 0.148. The molecule has 1 amide bonds. The van der Waals surface area contributed by atoms with Crippen molar-refractivity contribution in [1.82, 2.24) is 29.9 Å². The standard InChI is InChI=1S/C17H18N6O2/c1-22-8-7-20-16(22)14-11-18-6-9-23(14)17(24)15-10-13(21-25-15)12-4-2-3-5-19-12/h2-5,7-8,10,14,18H,6,9,11H2,1H3. The largest absolute Gasteiger partial charge is 0.350 e. The Balaban J connectivity index is 1.61. The SMILES string of the molecule is Cn1ccnc1C1CNCCN1C(=O)c1cc(-c2ccccn2)no1. The van der Waals surface area contributed by atoms with Gasteiger partial charge in [0.15, 0.2) is 0 Å². The molecule has 4 rings (SSSR count). The van der Waals surface area contributed by atoms with Gasteiger partial charge in [0.2, 0.25) is 5.76 Å². The topological polar surface area (TPSA) is 89.1 Å². The zero-order chi connectivity index (χ0) is 17.2. The van der Waals surface area contributed by atoms with E-state index < -0.39 is 0 Å². The van der Waals surface area contributed by atoms with Crippen LogP contribution in [0.4, 0.5) is 0 Å². The number of nitrogens with zero attached hydrogens (tertiary/aromatic N) is 5. The van der Waals surface area contributed by atoms with Crippen LogP contribution in [0.1, 0.15) is 22.4 Å². The normalized spacial score (nSPS) is 17.6. The van der Waals surface area contributed by atoms with Crippen LogP contribution in [0.3, 0.4) is 0 Å². The molecule has 0 radical (unpaired) electrons. The maximum absolute atomic E-state index is 13.0. The van der Waals surface area contributed by atoms with E-state index >= 15 is 0 Å². The van der Waals surface area contributed by atoms with Gasteiger partial charge >= 0.3 is 0 Å². The van der Waals surface area contributed by atoms with E-state index in [1.807, 2.05) is 36.0 Å². The average molecular weight is 338 g/mol. The molecule has 1 N–H and O–H groups in total. The van der Waals surface area contributed by atoms with E-state index in [-0.39, 0.29) is 17.7 Å². The van der Waals surface area contributed by atoms with Gasteiger partial charge in [0.1, 0.15) is 17.6 Å². The highest BCUT2D eigenvalue weighted by atomic mass is 16.5. The fraction of sp³-hybridized carbons (Fsp3) is 0.294. The summed E-state index contributed by atoms with van der Waals surface area (Å²) in [6.07, 6.45) is 5.29. The summed E-state index contributed by atoms with van der Waals surface area (Å²) in [6.45, 7) is 1.96. The molecule has 0 aromatic carbocycles. The Bertz CT molecular complexity index is 872. The summed E-state index contributed by atoms with van der Waals surface area (Å²) in [4.78, 5) is 23.4. The van der Waals surface area contributed by atoms with E-state index in [4.69, 9.17) is 4.52 Å². The fourth-order valence-electron chi connectivity index (χ4n) is 3.03. The Morgan fingerprint density at radius 2 is 2.20 bits per heavy atom. The first-order valence-corrected chi connectivity index (χ1v) is 8.11. The Hall–Kier alpha value is -3.00. The summed E-state index contributed by atoms with van der Waals surface area (Å²) < 4.78 is 7.23. The predicted molar refractivity (Wildman–Crippen MR) is 89.6 cm³/mol. The molecule has 1 aliphatic rings. The van der Waals surface area contributed by atoms with E-state index in [1.54, 1.807) is 23.4 Å². The number of pyridine rings is 1. The second-order valence-corrected chi connectivity index (χ2v) is 5.91. The summed E-state index contributed by atoms with van der Waals surface area (Å²) in [7, 11) is 1.92. The van der Waals surface area contributed by atoms with Gasteiger partial charge in [0.05, 0.1) is 5.69 Å². The van der Waals surface area contributed by atoms with Gasteiger partial charge in [-0.2, -0.15) is 0 Å². The number of hydrogen-bond acceptors (Lipinski definition) is 6. The summed E-state index contributed by atoms with van der Waals surface area (Å²) in [6, 6.07) is 7.01. The molecule has 1 saturated heterocycles. The lowest BCUT2D eigenvalue weighted by Crippen LogP contribution is -2.49. The minimum atomic E-state index is -0.191. The van der Waals surface area contributed by atoms with Crippen LogP contribution in [0, 0.1) is 0 Å². The number of hydrogen-bond donors (Lipinski definition) is 1. The summed E-state index contributed by atoms with van der Waals surface area (Å²) in [5, 5.41) is 7.30. The highest BCUT2D eigenvalue weighted by molar-refractivity contribution is 5.92. The van der Waals surface area contributed by atoms with Crippen LogP contribution in [0.5, 0.6) is 0 Å². The predicted octanol–water partition coefficient (Wildman–Crippen LogP) is 1.26. The van der Waals surface area contributed by atoms with Crippen molar-refractivity contribution in [3.8, 4) is 11.4 Å². The van der Waals surface area contributed by atoms with Gasteiger partial charge < -0.3 is 19.3 Å². The van der Waals surface area contributed by atoms with Gasteiger partial charge in [-0.05, 0) is 12.1 Å². The van der Waals surface area contributed by atoms with Crippen LogP contribution in [-0.4, -0.2) is 50.1 Å². The van der Waals surface area contributed by atoms with E-state index in [1.165, 1.54) is 0 Å². The average Bonchev–Trinajstić information content (AvgIpc) is 3.31. The quantitative estimate of drug-likeness (QED) is 0.773. The van der Waals surface area contributed by atoms with Crippen molar-refractivity contribution < 1.29 is 9.32 Å². The zero-order valence-electron chi connectivity index (χ0n) is 13.8. The van der Waals surface area contributed by atoms with Gasteiger partial charge in [-0.3, -0.25) is 9.78 Å². The molecule has 0 spiro atoms. The second-order valence-electron chi connectivity index (χ2n) is 5.91. The van der Waals surface area contributed by atoms with Crippen LogP contribution < -0.4 is 5.32 Å². The summed E-state index contributed by atoms with van der Waals surface area (Å²) in [5.74, 6) is 0.857. The van der Waals surface area contributed by atoms with Crippen molar-refractivity contribution in [2.75, 3.05) is 19.6 Å². The number of piperazine rings is 1. The number of rotatable bonds is 3. The Morgan fingerprint density at radius 1 is 1.28 bits per heavy atom. The molecule has 3 aromatic rings. The summed E-state index contributed by atoms with van der Waals surface area (Å²) >= 11 is 0. The molecule has 4 heterocycles. The van der Waals surface area contributed by atoms with E-state index in [2.05, 4.69) is 20.4 Å². The van der Waals surface area contributed by atoms with Crippen molar-refractivity contribution >= 4 is 5.91 Å². The zero-order valence-corrected chi connectivity index (χ0v) is 13.8. The Labute approximate surface area is 144 Å². The monoisotopic (exact) mass is 338 g/mol. The van der Waals surface area contributed by atoms with Crippen LogP contribution >= 0.6 is 0 Å². The molecule has 25 heavy (non-hydrogen) atoms. The van der Waals surface area contributed by atoms with Gasteiger partial charge in [-0.25, -0.2) is 4.98 Å². The highest BCUT2D eigenvalue weighted by Crippen LogP contribution is 2.24. The second kappa shape index (κ2) is 6.48. The number of amides is 1. The third-order valence-corrected chi connectivity index (χ3v) is 4.31. The first-order chi connectivity index (χ1) is 12.2. The van der Waals surface area contributed by atoms with Gasteiger partial charge in [-0.1, -0.05) is 11.2 Å². The molecule has 1 aliphatic heterocycles. The maximum Gasteiger partial charge on any atom is 0.293 e. The molecule has 8 heteroatoms. The number of imidazole rings is 1. The molecular weight excluding hydrogens is 320 g/mol. The van der Waals surface area contributed by atoms with Crippen LogP contribution in [-0.2, 0) is 7.05 Å². The van der Waals surface area contributed by atoms with Crippen molar-refractivity contribution in [3.63, 3.8) is 0 Å². The first-order valence-electron chi connectivity index (χ1n) is 8.11. The maximum atomic E-state index is 13.0. The lowest BCUT2D eigenvalue weighted by Gasteiger charge is -2.35. The number of carbonyl (C=O) groups excluding carboxylic acids is 1. The first kappa shape index (κ1) is 15.5. The third kappa shape index (κ3) is 2.91. The van der Waals surface area contributed by atoms with Crippen molar-refractivity contribution in [3.05, 3.63) is 54.4 Å². The van der Waals surface area contributed by atoms with Gasteiger partial charge in [0.25, 0.3) is 5.91 Å². The lowest BCUT2D eigenvalue weighted by atomic mass is 10.1. The molecule has 128 valence electrons. The molecule has 0 saturated carbocycles. The molecule has 1 unspecified atom stereocenters. The summed E-state index contributed by atoms with van der Waals surface area (Å²) in [5.41, 5.74) is 1.22. The van der Waals surface area contributed by atoms with Crippen molar-refractivity contribution in [2.45, 2.75) is 6.04 Å². The molecule has 0 aliphatic carbocycles. The number of aromatic nitrogens is 4. The van der Waals surface area contributed by atoms with E-state index in [0.29, 0.717) is 24.5 Å². The van der Waals surface area contributed by atoms with E-state index in [9.17, 15) is 4.79 Å². The van der Waals surface area contributed by atoms with Crippen LogP contribution in [0.15, 0.2) is 47.4 Å². The molecule has 3 aromatic heterocycles. The Morgan fingerprint density at radius 3 is 2.96 bits per heavy atom. The Kier molecular flexibility index (Phi) is 4.02. The van der Waals surface area contributed by atoms with Crippen molar-refractivity contribution in [2.24, 2.45) is 7.05 Å². The van der Waals surface area contributed by atoms with Crippen LogP contribution in [0.2, 0.25) is 0 Å². The van der Waals surface area contributed by atoms with Crippen molar-refractivity contribution in [1.29, 1.82) is 0 Å². The number of nitrogens with one attached hydrogen (secondary N) is 1. The van der Waals surface area contributed by atoms with Gasteiger partial charge in [-0.15, -0.1) is 0 Å². The highest BCUT2D eigenvalue weighted by Gasteiger charge is 2.33. The van der Waals surface area contributed by atoms with Gasteiger partial charge in [0, 0.05) is 51.3 Å². The number of aryl methyl sites for hydroxylation is 1. The van der Waals surface area contributed by atoms with Crippen LogP contribution in [0.25, 0.3) is 11.4 Å². The molecule has 0 bridgehead atoms.